The fraction of sp³-hybridized carbons (Fsp3) is 0.444. The Bertz CT molecular complexity index is 412. The molecule has 1 aromatic rings. The molecule has 0 aromatic carbocycles. The van der Waals surface area contributed by atoms with Crippen LogP contribution in [0, 0.1) is 13.8 Å². The molecule has 1 rings (SSSR count). The number of hydrogen-bond donors (Lipinski definition) is 3. The quantitative estimate of drug-likeness (QED) is 0.638. The first-order chi connectivity index (χ1) is 7.45. The number of carbonyl (C=O) groups excluding carboxylic acids is 1. The molecule has 1 heterocycles. The number of carbonyl (C=O) groups is 2. The first-order valence-electron chi connectivity index (χ1n) is 4.54. The molecular weight excluding hydrogens is 216 g/mol. The zero-order valence-corrected chi connectivity index (χ0v) is 8.85. The molecule has 16 heavy (non-hydrogen) atoms. The molecule has 0 bridgehead atoms. The molecule has 0 aliphatic rings. The number of oxazole rings is 1. The van der Waals surface area contributed by atoms with Gasteiger partial charge in [-0.3, -0.25) is 4.79 Å². The number of aliphatic carboxylic acids is 1. The monoisotopic (exact) mass is 228 g/mol. The Balaban J connectivity index is 2.79. The van der Waals surface area contributed by atoms with Crippen molar-refractivity contribution in [1.82, 2.24) is 10.3 Å². The van der Waals surface area contributed by atoms with Crippen LogP contribution < -0.4 is 5.32 Å². The standard InChI is InChI=1S/C9H12N2O5/c1-4-7(16-5(2)10-4)8(13)11-6(3-12)9(14)15/h6,12H,3H2,1-2H3,(H,11,13)(H,14,15)/t6-/m0/s1. The second-order valence-electron chi connectivity index (χ2n) is 3.19. The maximum atomic E-state index is 11.5. The molecule has 88 valence electrons. The molecule has 0 unspecified atom stereocenters. The van der Waals surface area contributed by atoms with Gasteiger partial charge < -0.3 is 19.9 Å². The van der Waals surface area contributed by atoms with Crippen molar-refractivity contribution < 1.29 is 24.2 Å². The molecule has 0 aliphatic heterocycles. The number of carboxylic acid groups (broad SMARTS) is 1. The number of aliphatic hydroxyl groups is 1. The number of aromatic nitrogens is 1. The van der Waals surface area contributed by atoms with E-state index in [1.807, 2.05) is 0 Å². The van der Waals surface area contributed by atoms with Crippen molar-refractivity contribution in [2.45, 2.75) is 19.9 Å². The second-order valence-corrected chi connectivity index (χ2v) is 3.19. The summed E-state index contributed by atoms with van der Waals surface area (Å²) in [6.45, 7) is 2.46. The summed E-state index contributed by atoms with van der Waals surface area (Å²) in [4.78, 5) is 26.0. The van der Waals surface area contributed by atoms with E-state index in [4.69, 9.17) is 14.6 Å². The number of aliphatic hydroxyl groups excluding tert-OH is 1. The van der Waals surface area contributed by atoms with E-state index in [-0.39, 0.29) is 5.76 Å². The Labute approximate surface area is 91.1 Å². The van der Waals surface area contributed by atoms with E-state index >= 15 is 0 Å². The van der Waals surface area contributed by atoms with Crippen molar-refractivity contribution in [2.75, 3.05) is 6.61 Å². The van der Waals surface area contributed by atoms with Crippen LogP contribution in [0.25, 0.3) is 0 Å². The van der Waals surface area contributed by atoms with Crippen molar-refractivity contribution in [3.05, 3.63) is 17.3 Å². The molecule has 7 nitrogen and oxygen atoms in total. The summed E-state index contributed by atoms with van der Waals surface area (Å²) < 4.78 is 5.00. The molecule has 1 atom stereocenters. The van der Waals surface area contributed by atoms with Gasteiger partial charge in [-0.1, -0.05) is 0 Å². The highest BCUT2D eigenvalue weighted by Gasteiger charge is 2.23. The number of nitrogens with zero attached hydrogens (tertiary/aromatic N) is 1. The van der Waals surface area contributed by atoms with Crippen LogP contribution in [0.15, 0.2) is 4.42 Å². The molecule has 0 saturated carbocycles. The van der Waals surface area contributed by atoms with Gasteiger partial charge in [0.15, 0.2) is 11.9 Å². The summed E-state index contributed by atoms with van der Waals surface area (Å²) in [6, 6.07) is -1.35. The maximum Gasteiger partial charge on any atom is 0.328 e. The van der Waals surface area contributed by atoms with E-state index in [1.54, 1.807) is 13.8 Å². The molecule has 1 aromatic heterocycles. The third-order valence-electron chi connectivity index (χ3n) is 1.90. The van der Waals surface area contributed by atoms with Gasteiger partial charge in [0, 0.05) is 6.92 Å². The van der Waals surface area contributed by atoms with Crippen LogP contribution >= 0.6 is 0 Å². The third kappa shape index (κ3) is 2.57. The molecule has 0 spiro atoms. The fourth-order valence-electron chi connectivity index (χ4n) is 1.15. The predicted octanol–water partition coefficient (Wildman–Crippen LogP) is -0.533. The summed E-state index contributed by atoms with van der Waals surface area (Å²) in [6.07, 6.45) is 0. The Kier molecular flexibility index (Phi) is 3.62. The summed E-state index contributed by atoms with van der Waals surface area (Å²) in [5.41, 5.74) is 0.372. The maximum absolute atomic E-state index is 11.5. The topological polar surface area (TPSA) is 113 Å². The van der Waals surface area contributed by atoms with Gasteiger partial charge in [0.1, 0.15) is 0 Å². The lowest BCUT2D eigenvalue weighted by Gasteiger charge is -2.09. The molecule has 0 saturated heterocycles. The van der Waals surface area contributed by atoms with Crippen LogP contribution in [-0.2, 0) is 4.79 Å². The van der Waals surface area contributed by atoms with Crippen LogP contribution in [0.5, 0.6) is 0 Å². The van der Waals surface area contributed by atoms with Crippen molar-refractivity contribution >= 4 is 11.9 Å². The molecule has 0 aliphatic carbocycles. The Hall–Kier alpha value is -1.89. The third-order valence-corrected chi connectivity index (χ3v) is 1.90. The molecular formula is C9H12N2O5. The number of carboxylic acids is 1. The Morgan fingerprint density at radius 1 is 1.50 bits per heavy atom. The Morgan fingerprint density at radius 3 is 2.50 bits per heavy atom. The summed E-state index contributed by atoms with van der Waals surface area (Å²) in [7, 11) is 0. The highest BCUT2D eigenvalue weighted by Crippen LogP contribution is 2.09. The minimum atomic E-state index is -1.35. The van der Waals surface area contributed by atoms with Crippen LogP contribution in [0.3, 0.4) is 0 Å². The van der Waals surface area contributed by atoms with Crippen molar-refractivity contribution in [2.24, 2.45) is 0 Å². The summed E-state index contributed by atoms with van der Waals surface area (Å²) >= 11 is 0. The lowest BCUT2D eigenvalue weighted by Crippen LogP contribution is -2.43. The van der Waals surface area contributed by atoms with Crippen LogP contribution in [0.1, 0.15) is 22.1 Å². The number of amides is 1. The van der Waals surface area contributed by atoms with Gasteiger partial charge in [-0.2, -0.15) is 0 Å². The zero-order chi connectivity index (χ0) is 12.3. The van der Waals surface area contributed by atoms with E-state index in [1.165, 1.54) is 0 Å². The number of rotatable bonds is 4. The Morgan fingerprint density at radius 2 is 2.12 bits per heavy atom. The van der Waals surface area contributed by atoms with Crippen molar-refractivity contribution in [3.63, 3.8) is 0 Å². The first kappa shape index (κ1) is 12.2. The van der Waals surface area contributed by atoms with Gasteiger partial charge in [-0.25, -0.2) is 9.78 Å². The van der Waals surface area contributed by atoms with Crippen LogP contribution in [0.2, 0.25) is 0 Å². The lowest BCUT2D eigenvalue weighted by molar-refractivity contribution is -0.140. The van der Waals surface area contributed by atoms with Crippen molar-refractivity contribution in [3.8, 4) is 0 Å². The molecule has 1 amide bonds. The average molecular weight is 228 g/mol. The minimum Gasteiger partial charge on any atom is -0.480 e. The van der Waals surface area contributed by atoms with Crippen molar-refractivity contribution in [1.29, 1.82) is 0 Å². The lowest BCUT2D eigenvalue weighted by atomic mass is 10.3. The highest BCUT2D eigenvalue weighted by atomic mass is 16.4. The zero-order valence-electron chi connectivity index (χ0n) is 8.85. The number of aryl methyl sites for hydroxylation is 2. The molecule has 0 radical (unpaired) electrons. The van der Waals surface area contributed by atoms with Crippen LogP contribution in [0.4, 0.5) is 0 Å². The smallest absolute Gasteiger partial charge is 0.328 e. The second kappa shape index (κ2) is 4.75. The van der Waals surface area contributed by atoms with Gasteiger partial charge in [-0.15, -0.1) is 0 Å². The van der Waals surface area contributed by atoms with Gasteiger partial charge in [0.05, 0.1) is 12.3 Å². The van der Waals surface area contributed by atoms with E-state index in [0.29, 0.717) is 11.6 Å². The van der Waals surface area contributed by atoms with E-state index in [9.17, 15) is 9.59 Å². The number of nitrogens with one attached hydrogen (secondary N) is 1. The average Bonchev–Trinajstić information content (AvgIpc) is 2.53. The highest BCUT2D eigenvalue weighted by molar-refractivity contribution is 5.95. The summed E-state index contributed by atoms with van der Waals surface area (Å²) in [5, 5.41) is 19.5. The normalized spacial score (nSPS) is 12.2. The van der Waals surface area contributed by atoms with Gasteiger partial charge in [0.25, 0.3) is 5.91 Å². The van der Waals surface area contributed by atoms with E-state index in [0.717, 1.165) is 0 Å². The predicted molar refractivity (Wildman–Crippen MR) is 52.0 cm³/mol. The van der Waals surface area contributed by atoms with Gasteiger partial charge in [0.2, 0.25) is 5.76 Å². The summed E-state index contributed by atoms with van der Waals surface area (Å²) in [5.74, 6) is -1.75. The molecule has 3 N–H and O–H groups in total. The van der Waals surface area contributed by atoms with Gasteiger partial charge >= 0.3 is 5.97 Å². The van der Waals surface area contributed by atoms with E-state index < -0.39 is 24.5 Å². The van der Waals surface area contributed by atoms with Gasteiger partial charge in [-0.05, 0) is 6.92 Å². The fourth-order valence-corrected chi connectivity index (χ4v) is 1.15. The SMILES string of the molecule is Cc1nc(C)c(C(=O)N[C@@H](CO)C(=O)O)o1. The number of hydrogen-bond acceptors (Lipinski definition) is 5. The van der Waals surface area contributed by atoms with E-state index in [2.05, 4.69) is 10.3 Å². The molecule has 0 fully saturated rings. The van der Waals surface area contributed by atoms with Crippen LogP contribution in [-0.4, -0.2) is 39.7 Å². The first-order valence-corrected chi connectivity index (χ1v) is 4.54. The minimum absolute atomic E-state index is 0.0443. The molecule has 7 heteroatoms. The largest absolute Gasteiger partial charge is 0.480 e.